The van der Waals surface area contributed by atoms with Crippen molar-refractivity contribution in [3.8, 4) is 0 Å². The second kappa shape index (κ2) is 6.74. The molecule has 0 saturated carbocycles. The zero-order valence-electron chi connectivity index (χ0n) is 13.7. The standard InChI is InChI=1S/C17H17ClN4O2S/c1-21-7-6-19-15(21)16(23)22(10-12-3-2-8-24-12)17-20-13-5-4-11(18)9-14(13)25-17/h4-7,9,12H,2-3,8,10H2,1H3. The number of fused-ring (bicyclic) bond motifs is 1. The van der Waals surface area contributed by atoms with Gasteiger partial charge in [-0.05, 0) is 31.0 Å². The summed E-state index contributed by atoms with van der Waals surface area (Å²) in [6.45, 7) is 1.21. The van der Waals surface area contributed by atoms with Crippen LogP contribution in [0.2, 0.25) is 5.02 Å². The Kier molecular flexibility index (Phi) is 4.45. The largest absolute Gasteiger partial charge is 0.376 e. The van der Waals surface area contributed by atoms with Crippen molar-refractivity contribution in [2.45, 2.75) is 18.9 Å². The molecule has 25 heavy (non-hydrogen) atoms. The Hall–Kier alpha value is -1.96. The van der Waals surface area contributed by atoms with Gasteiger partial charge in [0.2, 0.25) is 0 Å². The molecule has 1 fully saturated rings. The fourth-order valence-electron chi connectivity index (χ4n) is 2.93. The first kappa shape index (κ1) is 16.5. The molecular formula is C17H17ClN4O2S. The molecule has 1 unspecified atom stereocenters. The maximum Gasteiger partial charge on any atom is 0.296 e. The number of thiazole rings is 1. The molecule has 8 heteroatoms. The summed E-state index contributed by atoms with van der Waals surface area (Å²) in [6, 6.07) is 5.54. The van der Waals surface area contributed by atoms with Gasteiger partial charge >= 0.3 is 0 Å². The van der Waals surface area contributed by atoms with Crippen molar-refractivity contribution in [3.05, 3.63) is 41.4 Å². The summed E-state index contributed by atoms with van der Waals surface area (Å²) in [5.74, 6) is 0.212. The highest BCUT2D eigenvalue weighted by Crippen LogP contribution is 2.32. The predicted octanol–water partition coefficient (Wildman–Crippen LogP) is 3.51. The van der Waals surface area contributed by atoms with Gasteiger partial charge in [-0.2, -0.15) is 0 Å². The van der Waals surface area contributed by atoms with E-state index in [4.69, 9.17) is 16.3 Å². The molecule has 1 aromatic carbocycles. The van der Waals surface area contributed by atoms with Gasteiger partial charge in [0, 0.05) is 31.1 Å². The van der Waals surface area contributed by atoms with Crippen molar-refractivity contribution in [2.24, 2.45) is 7.05 Å². The smallest absolute Gasteiger partial charge is 0.296 e. The molecule has 0 radical (unpaired) electrons. The number of ether oxygens (including phenoxy) is 1. The number of hydrogen-bond donors (Lipinski definition) is 0. The summed E-state index contributed by atoms with van der Waals surface area (Å²) >= 11 is 7.53. The van der Waals surface area contributed by atoms with Gasteiger partial charge in [-0.1, -0.05) is 22.9 Å². The number of hydrogen-bond acceptors (Lipinski definition) is 5. The van der Waals surface area contributed by atoms with Crippen LogP contribution in [0.25, 0.3) is 10.2 Å². The second-order valence-electron chi connectivity index (χ2n) is 6.02. The van der Waals surface area contributed by atoms with Crippen LogP contribution >= 0.6 is 22.9 Å². The summed E-state index contributed by atoms with van der Waals surface area (Å²) in [5, 5.41) is 1.30. The average molecular weight is 377 g/mol. The quantitative estimate of drug-likeness (QED) is 0.699. The molecule has 0 bridgehead atoms. The number of carbonyl (C=O) groups is 1. The fraction of sp³-hybridized carbons (Fsp3) is 0.353. The van der Waals surface area contributed by atoms with Crippen molar-refractivity contribution in [1.82, 2.24) is 14.5 Å². The number of aryl methyl sites for hydroxylation is 1. The van der Waals surface area contributed by atoms with Crippen LogP contribution in [0.1, 0.15) is 23.5 Å². The lowest BCUT2D eigenvalue weighted by Gasteiger charge is -2.22. The van der Waals surface area contributed by atoms with E-state index in [2.05, 4.69) is 9.97 Å². The van der Waals surface area contributed by atoms with Crippen LogP contribution in [0.3, 0.4) is 0 Å². The van der Waals surface area contributed by atoms with E-state index < -0.39 is 0 Å². The normalized spacial score (nSPS) is 17.3. The first-order valence-corrected chi connectivity index (χ1v) is 9.28. The lowest BCUT2D eigenvalue weighted by molar-refractivity contribution is 0.0906. The van der Waals surface area contributed by atoms with Crippen LogP contribution in [0.15, 0.2) is 30.6 Å². The minimum atomic E-state index is -0.173. The molecule has 0 spiro atoms. The Bertz CT molecular complexity index is 916. The maximum absolute atomic E-state index is 13.1. The van der Waals surface area contributed by atoms with Gasteiger partial charge in [-0.25, -0.2) is 9.97 Å². The zero-order valence-corrected chi connectivity index (χ0v) is 15.3. The second-order valence-corrected chi connectivity index (χ2v) is 7.47. The number of nitrogens with zero attached hydrogens (tertiary/aromatic N) is 4. The van der Waals surface area contributed by atoms with E-state index in [1.807, 2.05) is 19.2 Å². The predicted molar refractivity (Wildman–Crippen MR) is 98.5 cm³/mol. The van der Waals surface area contributed by atoms with Crippen molar-refractivity contribution in [1.29, 1.82) is 0 Å². The summed E-state index contributed by atoms with van der Waals surface area (Å²) in [7, 11) is 1.81. The van der Waals surface area contributed by atoms with E-state index in [9.17, 15) is 4.79 Å². The number of aromatic nitrogens is 3. The van der Waals surface area contributed by atoms with E-state index in [1.54, 1.807) is 27.9 Å². The highest BCUT2D eigenvalue weighted by molar-refractivity contribution is 7.22. The van der Waals surface area contributed by atoms with E-state index >= 15 is 0 Å². The summed E-state index contributed by atoms with van der Waals surface area (Å²) < 4.78 is 8.40. The maximum atomic E-state index is 13.1. The Labute approximate surface area is 154 Å². The third-order valence-electron chi connectivity index (χ3n) is 4.24. The highest BCUT2D eigenvalue weighted by atomic mass is 35.5. The van der Waals surface area contributed by atoms with Crippen molar-refractivity contribution >= 4 is 44.2 Å². The molecule has 3 aromatic rings. The summed E-state index contributed by atoms with van der Waals surface area (Å²) in [4.78, 5) is 23.6. The zero-order chi connectivity index (χ0) is 17.4. The average Bonchev–Trinajstić information content (AvgIpc) is 3.31. The van der Waals surface area contributed by atoms with Crippen LogP contribution < -0.4 is 4.90 Å². The lowest BCUT2D eigenvalue weighted by Crippen LogP contribution is -2.38. The van der Waals surface area contributed by atoms with Gasteiger partial charge in [-0.3, -0.25) is 9.69 Å². The van der Waals surface area contributed by atoms with Crippen LogP contribution in [0.5, 0.6) is 0 Å². The molecular weight excluding hydrogens is 360 g/mol. The summed E-state index contributed by atoms with van der Waals surface area (Å²) in [6.07, 6.45) is 5.37. The van der Waals surface area contributed by atoms with Crippen LogP contribution in [0, 0.1) is 0 Å². The molecule has 1 amide bonds. The van der Waals surface area contributed by atoms with Crippen molar-refractivity contribution in [2.75, 3.05) is 18.1 Å². The molecule has 1 aliphatic heterocycles. The Morgan fingerprint density at radius 2 is 2.40 bits per heavy atom. The van der Waals surface area contributed by atoms with Gasteiger partial charge in [0.15, 0.2) is 11.0 Å². The molecule has 0 N–H and O–H groups in total. The Morgan fingerprint density at radius 1 is 1.52 bits per heavy atom. The number of halogens is 1. The molecule has 0 aliphatic carbocycles. The van der Waals surface area contributed by atoms with Gasteiger partial charge < -0.3 is 9.30 Å². The molecule has 1 saturated heterocycles. The number of amides is 1. The molecule has 4 rings (SSSR count). The third-order valence-corrected chi connectivity index (χ3v) is 5.51. The molecule has 2 aromatic heterocycles. The van der Waals surface area contributed by atoms with Gasteiger partial charge in [0.25, 0.3) is 5.91 Å². The van der Waals surface area contributed by atoms with Crippen molar-refractivity contribution in [3.63, 3.8) is 0 Å². The van der Waals surface area contributed by atoms with Crippen LogP contribution in [-0.2, 0) is 11.8 Å². The highest BCUT2D eigenvalue weighted by Gasteiger charge is 2.28. The first-order chi connectivity index (χ1) is 12.1. The van der Waals surface area contributed by atoms with Gasteiger partial charge in [-0.15, -0.1) is 0 Å². The monoisotopic (exact) mass is 376 g/mol. The Balaban J connectivity index is 1.72. The Morgan fingerprint density at radius 3 is 3.12 bits per heavy atom. The fourth-order valence-corrected chi connectivity index (χ4v) is 4.18. The number of rotatable bonds is 4. The van der Waals surface area contributed by atoms with E-state index in [0.29, 0.717) is 22.5 Å². The van der Waals surface area contributed by atoms with Gasteiger partial charge in [0.05, 0.1) is 22.9 Å². The van der Waals surface area contributed by atoms with Crippen LogP contribution in [0.4, 0.5) is 5.13 Å². The lowest BCUT2D eigenvalue weighted by atomic mass is 10.2. The minimum Gasteiger partial charge on any atom is -0.376 e. The molecule has 6 nitrogen and oxygen atoms in total. The van der Waals surface area contributed by atoms with E-state index in [0.717, 1.165) is 29.7 Å². The number of benzene rings is 1. The summed E-state index contributed by atoms with van der Waals surface area (Å²) in [5.41, 5.74) is 0.828. The topological polar surface area (TPSA) is 60.2 Å². The molecule has 1 atom stereocenters. The van der Waals surface area contributed by atoms with Crippen molar-refractivity contribution < 1.29 is 9.53 Å². The SMILES string of the molecule is Cn1ccnc1C(=O)N(CC1CCCO1)c1nc2ccc(Cl)cc2s1. The number of anilines is 1. The minimum absolute atomic E-state index is 0.0276. The number of imidazole rings is 1. The van der Waals surface area contributed by atoms with E-state index in [-0.39, 0.29) is 12.0 Å². The third kappa shape index (κ3) is 3.27. The van der Waals surface area contributed by atoms with Gasteiger partial charge in [0.1, 0.15) is 0 Å². The molecule has 1 aliphatic rings. The molecule has 130 valence electrons. The van der Waals surface area contributed by atoms with E-state index in [1.165, 1.54) is 11.3 Å². The molecule has 3 heterocycles. The number of carbonyl (C=O) groups excluding carboxylic acids is 1. The van der Waals surface area contributed by atoms with Crippen LogP contribution in [-0.4, -0.2) is 39.7 Å². The first-order valence-electron chi connectivity index (χ1n) is 8.09.